The number of methoxy groups -OCH3 is 3. The Morgan fingerprint density at radius 1 is 1.07 bits per heavy atom. The first-order chi connectivity index (χ1) is 14.1. The van der Waals surface area contributed by atoms with Gasteiger partial charge < -0.3 is 19.5 Å². The minimum absolute atomic E-state index is 0.0330. The van der Waals surface area contributed by atoms with Gasteiger partial charge in [0.25, 0.3) is 5.91 Å². The molecule has 0 aliphatic rings. The Bertz CT molecular complexity index is 886. The van der Waals surface area contributed by atoms with Gasteiger partial charge in [0, 0.05) is 5.69 Å². The molecule has 0 heterocycles. The highest BCUT2D eigenvalue weighted by atomic mass is 16.5. The number of nitriles is 1. The summed E-state index contributed by atoms with van der Waals surface area (Å²) in [5, 5.41) is 12.2. The highest BCUT2D eigenvalue weighted by molar-refractivity contribution is 6.09. The second kappa shape index (κ2) is 10.8. The number of hydrogen-bond donors (Lipinski definition) is 1. The number of amides is 1. The predicted octanol–water partition coefficient (Wildman–Crippen LogP) is 4.60. The summed E-state index contributed by atoms with van der Waals surface area (Å²) in [7, 11) is 4.53. The Balaban J connectivity index is 2.23. The van der Waals surface area contributed by atoms with Crippen LogP contribution in [-0.4, -0.2) is 27.2 Å². The molecule has 0 saturated heterocycles. The van der Waals surface area contributed by atoms with Crippen molar-refractivity contribution in [1.82, 2.24) is 0 Å². The average molecular weight is 394 g/mol. The number of rotatable bonds is 9. The van der Waals surface area contributed by atoms with Crippen molar-refractivity contribution >= 4 is 17.7 Å². The molecule has 0 unspecified atom stereocenters. The molecule has 1 N–H and O–H groups in total. The van der Waals surface area contributed by atoms with Crippen LogP contribution < -0.4 is 19.5 Å². The summed E-state index contributed by atoms with van der Waals surface area (Å²) in [4.78, 5) is 12.5. The molecule has 2 aromatic carbocycles. The van der Waals surface area contributed by atoms with Crippen LogP contribution in [-0.2, 0) is 11.2 Å². The standard InChI is InChI=1S/C23H26N2O4/c1-5-6-7-16-8-10-19(11-9-16)25-23(26)18(15-24)12-17-13-20(27-2)22(29-4)21(14-17)28-3/h8-14H,5-7H2,1-4H3,(H,25,26)/b18-12+. The van der Waals surface area contributed by atoms with Crippen molar-refractivity contribution in [3.8, 4) is 23.3 Å². The van der Waals surface area contributed by atoms with E-state index in [1.807, 2.05) is 30.3 Å². The van der Waals surface area contributed by atoms with Gasteiger partial charge in [-0.15, -0.1) is 0 Å². The van der Waals surface area contributed by atoms with E-state index in [1.165, 1.54) is 33.0 Å². The van der Waals surface area contributed by atoms with Gasteiger partial charge in [-0.1, -0.05) is 25.5 Å². The number of hydrogen-bond acceptors (Lipinski definition) is 5. The predicted molar refractivity (Wildman–Crippen MR) is 113 cm³/mol. The Morgan fingerprint density at radius 3 is 2.17 bits per heavy atom. The summed E-state index contributed by atoms with van der Waals surface area (Å²) in [6.45, 7) is 2.15. The summed E-state index contributed by atoms with van der Waals surface area (Å²) in [5.74, 6) is 0.845. The molecule has 2 aromatic rings. The topological polar surface area (TPSA) is 80.6 Å². The van der Waals surface area contributed by atoms with Gasteiger partial charge >= 0.3 is 0 Å². The van der Waals surface area contributed by atoms with Gasteiger partial charge in [0.1, 0.15) is 11.6 Å². The third-order valence-electron chi connectivity index (χ3n) is 4.39. The van der Waals surface area contributed by atoms with E-state index in [4.69, 9.17) is 14.2 Å². The number of aryl methyl sites for hydroxylation is 1. The lowest BCUT2D eigenvalue weighted by molar-refractivity contribution is -0.112. The van der Waals surface area contributed by atoms with Crippen LogP contribution in [0.15, 0.2) is 42.0 Å². The molecule has 0 spiro atoms. The van der Waals surface area contributed by atoms with Gasteiger partial charge in [-0.3, -0.25) is 4.79 Å². The molecule has 1 amide bonds. The van der Waals surface area contributed by atoms with E-state index in [0.29, 0.717) is 28.5 Å². The van der Waals surface area contributed by atoms with Crippen molar-refractivity contribution < 1.29 is 19.0 Å². The van der Waals surface area contributed by atoms with Gasteiger partial charge in [0.15, 0.2) is 11.5 Å². The van der Waals surface area contributed by atoms with E-state index in [1.54, 1.807) is 12.1 Å². The zero-order chi connectivity index (χ0) is 21.2. The maximum atomic E-state index is 12.5. The van der Waals surface area contributed by atoms with Crippen molar-refractivity contribution in [3.63, 3.8) is 0 Å². The normalized spacial score (nSPS) is 10.8. The molecular weight excluding hydrogens is 368 g/mol. The Morgan fingerprint density at radius 2 is 1.69 bits per heavy atom. The van der Waals surface area contributed by atoms with Crippen LogP contribution >= 0.6 is 0 Å². The maximum Gasteiger partial charge on any atom is 0.266 e. The lowest BCUT2D eigenvalue weighted by Crippen LogP contribution is -2.13. The number of ether oxygens (including phenoxy) is 3. The molecule has 6 nitrogen and oxygen atoms in total. The minimum Gasteiger partial charge on any atom is -0.493 e. The quantitative estimate of drug-likeness (QED) is 0.497. The van der Waals surface area contributed by atoms with Crippen LogP contribution in [0.1, 0.15) is 30.9 Å². The fraction of sp³-hybridized carbons (Fsp3) is 0.304. The van der Waals surface area contributed by atoms with Gasteiger partial charge in [0.2, 0.25) is 5.75 Å². The molecule has 0 fully saturated rings. The Kier molecular flexibility index (Phi) is 8.11. The molecule has 6 heteroatoms. The number of benzene rings is 2. The molecule has 0 radical (unpaired) electrons. The number of carbonyl (C=O) groups excluding carboxylic acids is 1. The summed E-state index contributed by atoms with van der Waals surface area (Å²) in [6.07, 6.45) is 4.75. The molecule has 0 aliphatic heterocycles. The summed E-state index contributed by atoms with van der Waals surface area (Å²) < 4.78 is 15.9. The number of nitrogens with zero attached hydrogens (tertiary/aromatic N) is 1. The maximum absolute atomic E-state index is 12.5. The van der Waals surface area contributed by atoms with Gasteiger partial charge in [-0.2, -0.15) is 5.26 Å². The molecule has 0 aliphatic carbocycles. The molecule has 0 bridgehead atoms. The number of nitrogens with one attached hydrogen (secondary N) is 1. The van der Waals surface area contributed by atoms with Crippen molar-refractivity contribution in [3.05, 3.63) is 53.1 Å². The van der Waals surface area contributed by atoms with Crippen LogP contribution in [0.4, 0.5) is 5.69 Å². The van der Waals surface area contributed by atoms with Crippen molar-refractivity contribution in [2.75, 3.05) is 26.6 Å². The van der Waals surface area contributed by atoms with Crippen molar-refractivity contribution in [2.45, 2.75) is 26.2 Å². The zero-order valence-electron chi connectivity index (χ0n) is 17.2. The van der Waals surface area contributed by atoms with E-state index < -0.39 is 5.91 Å². The van der Waals surface area contributed by atoms with Gasteiger partial charge in [-0.25, -0.2) is 0 Å². The van der Waals surface area contributed by atoms with Crippen LogP contribution in [0.25, 0.3) is 6.08 Å². The number of anilines is 1. The van der Waals surface area contributed by atoms with Crippen molar-refractivity contribution in [1.29, 1.82) is 5.26 Å². The third-order valence-corrected chi connectivity index (χ3v) is 4.39. The van der Waals surface area contributed by atoms with E-state index in [-0.39, 0.29) is 5.57 Å². The lowest BCUT2D eigenvalue weighted by Gasteiger charge is -2.13. The molecule has 29 heavy (non-hydrogen) atoms. The fourth-order valence-electron chi connectivity index (χ4n) is 2.83. The first kappa shape index (κ1) is 21.8. The van der Waals surface area contributed by atoms with Crippen LogP contribution in [0.3, 0.4) is 0 Å². The minimum atomic E-state index is -0.484. The summed E-state index contributed by atoms with van der Waals surface area (Å²) >= 11 is 0. The highest BCUT2D eigenvalue weighted by Crippen LogP contribution is 2.38. The van der Waals surface area contributed by atoms with E-state index >= 15 is 0 Å². The molecule has 0 saturated carbocycles. The van der Waals surface area contributed by atoms with Gasteiger partial charge in [0.05, 0.1) is 21.3 Å². The molecule has 0 atom stereocenters. The van der Waals surface area contributed by atoms with Crippen LogP contribution in [0, 0.1) is 11.3 Å². The second-order valence-electron chi connectivity index (χ2n) is 6.38. The average Bonchev–Trinajstić information content (AvgIpc) is 2.75. The fourth-order valence-corrected chi connectivity index (χ4v) is 2.83. The Labute approximate surface area is 171 Å². The monoisotopic (exact) mass is 394 g/mol. The first-order valence-corrected chi connectivity index (χ1v) is 9.38. The smallest absolute Gasteiger partial charge is 0.266 e. The molecule has 152 valence electrons. The van der Waals surface area contributed by atoms with Gasteiger partial charge in [-0.05, 0) is 54.3 Å². The van der Waals surface area contributed by atoms with E-state index in [0.717, 1.165) is 19.3 Å². The SMILES string of the molecule is CCCCc1ccc(NC(=O)/C(C#N)=C/c2cc(OC)c(OC)c(OC)c2)cc1. The number of carbonyl (C=O) groups is 1. The summed E-state index contributed by atoms with van der Waals surface area (Å²) in [6, 6.07) is 13.0. The first-order valence-electron chi connectivity index (χ1n) is 9.38. The zero-order valence-corrected chi connectivity index (χ0v) is 17.2. The second-order valence-corrected chi connectivity index (χ2v) is 6.38. The highest BCUT2D eigenvalue weighted by Gasteiger charge is 2.15. The lowest BCUT2D eigenvalue weighted by atomic mass is 10.1. The third kappa shape index (κ3) is 5.76. The number of unbranched alkanes of at least 4 members (excludes halogenated alkanes) is 1. The van der Waals surface area contributed by atoms with E-state index in [9.17, 15) is 10.1 Å². The largest absolute Gasteiger partial charge is 0.493 e. The van der Waals surface area contributed by atoms with E-state index in [2.05, 4.69) is 12.2 Å². The Hall–Kier alpha value is -3.46. The van der Waals surface area contributed by atoms with Crippen LogP contribution in [0.2, 0.25) is 0 Å². The van der Waals surface area contributed by atoms with Crippen molar-refractivity contribution in [2.24, 2.45) is 0 Å². The summed E-state index contributed by atoms with van der Waals surface area (Å²) in [5.41, 5.74) is 2.41. The molecule has 2 rings (SSSR count). The molecule has 0 aromatic heterocycles. The van der Waals surface area contributed by atoms with Crippen LogP contribution in [0.5, 0.6) is 17.2 Å². The molecular formula is C23H26N2O4.